The van der Waals surface area contributed by atoms with Crippen LogP contribution in [-0.4, -0.2) is 4.98 Å². The maximum absolute atomic E-state index is 12.6. The molecule has 74 valence electrons. The van der Waals surface area contributed by atoms with Gasteiger partial charge < -0.3 is 0 Å². The van der Waals surface area contributed by atoms with Gasteiger partial charge in [-0.15, -0.1) is 11.6 Å². The van der Waals surface area contributed by atoms with Gasteiger partial charge in [0.05, 0.1) is 5.56 Å². The van der Waals surface area contributed by atoms with Crippen molar-refractivity contribution in [2.75, 3.05) is 0 Å². The fourth-order valence-corrected chi connectivity index (χ4v) is 1.51. The molecule has 0 atom stereocenters. The van der Waals surface area contributed by atoms with Crippen LogP contribution < -0.4 is 0 Å². The number of halogens is 3. The van der Waals surface area contributed by atoms with Crippen LogP contribution in [0.3, 0.4) is 0 Å². The molecule has 0 aliphatic rings. The second-order valence-electron chi connectivity index (χ2n) is 2.70. The molecule has 1 aromatic rings. The number of aromatic nitrogens is 1. The summed E-state index contributed by atoms with van der Waals surface area (Å²) in [5.74, 6) is -0.0615. The fraction of sp³-hybridized carbons (Fsp3) is 0.333. The third-order valence-electron chi connectivity index (χ3n) is 1.91. The second kappa shape index (κ2) is 4.34. The maximum atomic E-state index is 12.6. The predicted octanol–water partition coefficient (Wildman–Crippen LogP) is 2.94. The minimum absolute atomic E-state index is 0.0615. The van der Waals surface area contributed by atoms with Crippen LogP contribution in [0, 0.1) is 18.3 Å². The van der Waals surface area contributed by atoms with Crippen molar-refractivity contribution in [1.29, 1.82) is 5.26 Å². The average Bonchev–Trinajstić information content (AvgIpc) is 2.17. The fourth-order valence-electron chi connectivity index (χ4n) is 1.17. The summed E-state index contributed by atoms with van der Waals surface area (Å²) in [6.07, 6.45) is -1.55. The summed E-state index contributed by atoms with van der Waals surface area (Å²) in [6, 6.07) is 1.68. The largest absolute Gasteiger partial charge is 0.265 e. The number of alkyl halides is 3. The topological polar surface area (TPSA) is 36.7 Å². The molecule has 14 heavy (non-hydrogen) atoms. The van der Waals surface area contributed by atoms with Crippen molar-refractivity contribution >= 4 is 11.6 Å². The molecule has 5 heteroatoms. The van der Waals surface area contributed by atoms with Crippen molar-refractivity contribution in [3.8, 4) is 6.07 Å². The highest BCUT2D eigenvalue weighted by molar-refractivity contribution is 6.17. The van der Waals surface area contributed by atoms with E-state index in [0.717, 1.165) is 6.20 Å². The number of nitrogens with zero attached hydrogens (tertiary/aromatic N) is 2. The number of nitriles is 1. The minimum Gasteiger partial charge on any atom is -0.260 e. The van der Waals surface area contributed by atoms with Gasteiger partial charge in [-0.1, -0.05) is 0 Å². The van der Waals surface area contributed by atoms with Gasteiger partial charge in [0.25, 0.3) is 6.43 Å². The van der Waals surface area contributed by atoms with Crippen molar-refractivity contribution in [1.82, 2.24) is 4.98 Å². The first-order valence-electron chi connectivity index (χ1n) is 3.84. The van der Waals surface area contributed by atoms with Crippen LogP contribution in [0.15, 0.2) is 6.20 Å². The normalized spacial score (nSPS) is 10.3. The Kier molecular flexibility index (Phi) is 3.37. The summed E-state index contributed by atoms with van der Waals surface area (Å²) in [5.41, 5.74) is 0.284. The van der Waals surface area contributed by atoms with E-state index in [0.29, 0.717) is 5.69 Å². The van der Waals surface area contributed by atoms with Crippen LogP contribution in [-0.2, 0) is 5.88 Å². The number of hydrogen-bond donors (Lipinski definition) is 0. The molecule has 0 saturated carbocycles. The molecule has 0 unspecified atom stereocenters. The molecule has 0 saturated heterocycles. The second-order valence-corrected chi connectivity index (χ2v) is 2.96. The van der Waals surface area contributed by atoms with E-state index in [9.17, 15) is 8.78 Å². The molecule has 0 fully saturated rings. The zero-order chi connectivity index (χ0) is 10.7. The Balaban J connectivity index is 3.46. The van der Waals surface area contributed by atoms with Gasteiger partial charge >= 0.3 is 0 Å². The van der Waals surface area contributed by atoms with Crippen molar-refractivity contribution < 1.29 is 8.78 Å². The molecule has 0 bridgehead atoms. The SMILES string of the molecule is Cc1ncc(C#N)c(C(F)F)c1CCl. The molecule has 1 rings (SSSR count). The molecule has 1 aromatic heterocycles. The van der Waals surface area contributed by atoms with Crippen molar-refractivity contribution in [2.24, 2.45) is 0 Å². The van der Waals surface area contributed by atoms with Crippen LogP contribution in [0.4, 0.5) is 8.78 Å². The van der Waals surface area contributed by atoms with Crippen LogP contribution in [0.1, 0.15) is 28.8 Å². The van der Waals surface area contributed by atoms with E-state index in [-0.39, 0.29) is 22.6 Å². The first-order chi connectivity index (χ1) is 6.61. The highest BCUT2D eigenvalue weighted by Gasteiger charge is 2.19. The monoisotopic (exact) mass is 216 g/mol. The molecular weight excluding hydrogens is 210 g/mol. The molecule has 0 aliphatic heterocycles. The minimum atomic E-state index is -2.69. The summed E-state index contributed by atoms with van der Waals surface area (Å²) in [6.45, 7) is 1.59. The van der Waals surface area contributed by atoms with E-state index in [2.05, 4.69) is 4.98 Å². The van der Waals surface area contributed by atoms with Gasteiger partial charge in [-0.2, -0.15) is 5.26 Å². The molecule has 0 amide bonds. The third-order valence-corrected chi connectivity index (χ3v) is 2.18. The summed E-state index contributed by atoms with van der Waals surface area (Å²) in [4.78, 5) is 3.82. The average molecular weight is 217 g/mol. The number of aryl methyl sites for hydroxylation is 1. The lowest BCUT2D eigenvalue weighted by atomic mass is 10.0. The molecule has 0 aliphatic carbocycles. The Morgan fingerprint density at radius 3 is 2.71 bits per heavy atom. The molecule has 0 N–H and O–H groups in total. The Morgan fingerprint density at radius 1 is 1.64 bits per heavy atom. The van der Waals surface area contributed by atoms with E-state index in [4.69, 9.17) is 16.9 Å². The quantitative estimate of drug-likeness (QED) is 0.713. The lowest BCUT2D eigenvalue weighted by Gasteiger charge is -2.09. The van der Waals surface area contributed by atoms with E-state index in [1.807, 2.05) is 0 Å². The van der Waals surface area contributed by atoms with Crippen molar-refractivity contribution in [3.63, 3.8) is 0 Å². The summed E-state index contributed by atoms with van der Waals surface area (Å²) >= 11 is 5.53. The molecular formula is C9H7ClF2N2. The lowest BCUT2D eigenvalue weighted by molar-refractivity contribution is 0.150. The van der Waals surface area contributed by atoms with E-state index in [1.165, 1.54) is 0 Å². The third kappa shape index (κ3) is 1.83. The van der Waals surface area contributed by atoms with Gasteiger partial charge in [0.2, 0.25) is 0 Å². The molecule has 0 radical (unpaired) electrons. The zero-order valence-corrected chi connectivity index (χ0v) is 8.15. The maximum Gasteiger partial charge on any atom is 0.265 e. The Bertz CT molecular complexity index is 385. The first-order valence-corrected chi connectivity index (χ1v) is 4.37. The van der Waals surface area contributed by atoms with Crippen molar-refractivity contribution in [2.45, 2.75) is 19.2 Å². The Hall–Kier alpha value is -1.21. The van der Waals surface area contributed by atoms with Gasteiger partial charge in [0.1, 0.15) is 6.07 Å². The highest BCUT2D eigenvalue weighted by atomic mass is 35.5. The van der Waals surface area contributed by atoms with E-state index < -0.39 is 6.43 Å². The van der Waals surface area contributed by atoms with Crippen LogP contribution >= 0.6 is 11.6 Å². The van der Waals surface area contributed by atoms with E-state index in [1.54, 1.807) is 13.0 Å². The smallest absolute Gasteiger partial charge is 0.260 e. The summed E-state index contributed by atoms with van der Waals surface area (Å²) in [5, 5.41) is 8.61. The van der Waals surface area contributed by atoms with Gasteiger partial charge in [0.15, 0.2) is 0 Å². The zero-order valence-electron chi connectivity index (χ0n) is 7.39. The van der Waals surface area contributed by atoms with Crippen LogP contribution in [0.2, 0.25) is 0 Å². The lowest BCUT2D eigenvalue weighted by Crippen LogP contribution is -2.02. The van der Waals surface area contributed by atoms with Gasteiger partial charge in [0, 0.05) is 23.3 Å². The molecule has 0 spiro atoms. The first kappa shape index (κ1) is 10.9. The summed E-state index contributed by atoms with van der Waals surface area (Å²) < 4.78 is 25.2. The standard InChI is InChI=1S/C9H7ClF2N2/c1-5-7(2-10)8(9(11)12)6(3-13)4-14-5/h4,9H,2H2,1H3. The number of hydrogen-bond acceptors (Lipinski definition) is 2. The molecule has 1 heterocycles. The van der Waals surface area contributed by atoms with Gasteiger partial charge in [-0.3, -0.25) is 4.98 Å². The highest BCUT2D eigenvalue weighted by Crippen LogP contribution is 2.28. The summed E-state index contributed by atoms with van der Waals surface area (Å²) in [7, 11) is 0. The van der Waals surface area contributed by atoms with Gasteiger partial charge in [-0.25, -0.2) is 8.78 Å². The Labute approximate surface area is 85.1 Å². The van der Waals surface area contributed by atoms with Crippen LogP contribution in [0.5, 0.6) is 0 Å². The van der Waals surface area contributed by atoms with Crippen LogP contribution in [0.25, 0.3) is 0 Å². The van der Waals surface area contributed by atoms with E-state index >= 15 is 0 Å². The Morgan fingerprint density at radius 2 is 2.29 bits per heavy atom. The van der Waals surface area contributed by atoms with Gasteiger partial charge in [-0.05, 0) is 12.5 Å². The molecule has 0 aromatic carbocycles. The predicted molar refractivity (Wildman–Crippen MR) is 48.2 cm³/mol. The molecule has 2 nitrogen and oxygen atoms in total. The van der Waals surface area contributed by atoms with Crippen molar-refractivity contribution in [3.05, 3.63) is 28.6 Å². The number of rotatable bonds is 2. The number of pyridine rings is 1.